The molecule has 18 heavy (non-hydrogen) atoms. The van der Waals surface area contributed by atoms with E-state index < -0.39 is 18.1 Å². The minimum absolute atomic E-state index is 0.407. The molecule has 0 unspecified atom stereocenters. The number of nitrogens with one attached hydrogen (secondary N) is 1. The first-order chi connectivity index (χ1) is 8.47. The molecule has 4 nitrogen and oxygen atoms in total. The molecule has 4 atom stereocenters. The summed E-state index contributed by atoms with van der Waals surface area (Å²) in [4.78, 5) is 11.5. The minimum Gasteiger partial charge on any atom is -0.468 e. The van der Waals surface area contributed by atoms with Gasteiger partial charge in [0.15, 0.2) is 0 Å². The largest absolute Gasteiger partial charge is 0.468 e. The third kappa shape index (κ3) is 3.82. The predicted molar refractivity (Wildman–Crippen MR) is 71.1 cm³/mol. The highest BCUT2D eigenvalue weighted by atomic mass is 16.5. The van der Waals surface area contributed by atoms with E-state index in [-0.39, 0.29) is 0 Å². The second-order valence-corrected chi connectivity index (χ2v) is 5.26. The predicted octanol–water partition coefficient (Wildman–Crippen LogP) is 1.49. The highest BCUT2D eigenvalue weighted by Gasteiger charge is 2.27. The number of carbonyl (C=O) groups is 1. The molecule has 104 valence electrons. The van der Waals surface area contributed by atoms with Crippen LogP contribution in [0.5, 0.6) is 0 Å². The molecule has 1 aliphatic rings. The van der Waals surface area contributed by atoms with Crippen LogP contribution in [0.3, 0.4) is 0 Å². The number of rotatable bonds is 5. The van der Waals surface area contributed by atoms with Crippen LogP contribution in [0.15, 0.2) is 11.6 Å². The number of methoxy groups -OCH3 is 1. The molecule has 0 aromatic carbocycles. The van der Waals surface area contributed by atoms with Crippen LogP contribution in [0.4, 0.5) is 0 Å². The van der Waals surface area contributed by atoms with Crippen LogP contribution in [0.1, 0.15) is 33.6 Å². The van der Waals surface area contributed by atoms with Gasteiger partial charge >= 0.3 is 5.97 Å². The van der Waals surface area contributed by atoms with E-state index in [0.717, 1.165) is 6.42 Å². The van der Waals surface area contributed by atoms with E-state index in [9.17, 15) is 9.90 Å². The Balaban J connectivity index is 2.59. The Hall–Kier alpha value is -0.870. The summed E-state index contributed by atoms with van der Waals surface area (Å²) in [5, 5.41) is 12.7. The van der Waals surface area contributed by atoms with Crippen molar-refractivity contribution >= 4 is 5.97 Å². The van der Waals surface area contributed by atoms with Crippen molar-refractivity contribution in [2.24, 2.45) is 11.8 Å². The number of hydrogen-bond donors (Lipinski definition) is 2. The van der Waals surface area contributed by atoms with Crippen molar-refractivity contribution in [3.8, 4) is 0 Å². The lowest BCUT2D eigenvalue weighted by molar-refractivity contribution is -0.145. The summed E-state index contributed by atoms with van der Waals surface area (Å²) in [5.74, 6) is 0.634. The molecule has 2 N–H and O–H groups in total. The van der Waals surface area contributed by atoms with E-state index in [0.29, 0.717) is 18.4 Å². The summed E-state index contributed by atoms with van der Waals surface area (Å²) in [6, 6.07) is -0.642. The number of ether oxygens (including phenoxy) is 1. The first kappa shape index (κ1) is 15.2. The van der Waals surface area contributed by atoms with Crippen molar-refractivity contribution < 1.29 is 14.6 Å². The highest BCUT2D eigenvalue weighted by Crippen LogP contribution is 2.29. The van der Waals surface area contributed by atoms with Crippen LogP contribution in [0.25, 0.3) is 0 Å². The van der Waals surface area contributed by atoms with E-state index in [1.807, 2.05) is 0 Å². The third-order valence-electron chi connectivity index (χ3n) is 3.86. The summed E-state index contributed by atoms with van der Waals surface area (Å²) < 4.78 is 4.69. The Kier molecular flexibility index (Phi) is 5.82. The zero-order valence-corrected chi connectivity index (χ0v) is 11.8. The van der Waals surface area contributed by atoms with Gasteiger partial charge < -0.3 is 15.2 Å². The van der Waals surface area contributed by atoms with Crippen molar-refractivity contribution in [2.45, 2.75) is 45.8 Å². The van der Waals surface area contributed by atoms with Gasteiger partial charge in [-0.25, -0.2) is 0 Å². The van der Waals surface area contributed by atoms with Crippen molar-refractivity contribution in [1.29, 1.82) is 0 Å². The van der Waals surface area contributed by atoms with Gasteiger partial charge in [0.2, 0.25) is 0 Å². The highest BCUT2D eigenvalue weighted by molar-refractivity contribution is 5.76. The average Bonchev–Trinajstić information content (AvgIpc) is 2.31. The molecular weight excluding hydrogens is 230 g/mol. The molecule has 0 saturated heterocycles. The van der Waals surface area contributed by atoms with Crippen molar-refractivity contribution in [3.63, 3.8) is 0 Å². The summed E-state index contributed by atoms with van der Waals surface area (Å²) in [6.45, 7) is 6.67. The molecule has 0 amide bonds. The van der Waals surface area contributed by atoms with Crippen LogP contribution in [-0.4, -0.2) is 36.9 Å². The molecular formula is C14H25NO3. The maximum absolute atomic E-state index is 11.5. The smallest absolute Gasteiger partial charge is 0.325 e. The Morgan fingerprint density at radius 3 is 2.83 bits per heavy atom. The first-order valence-corrected chi connectivity index (χ1v) is 6.63. The molecule has 1 rings (SSSR count). The molecule has 0 aliphatic heterocycles. The molecule has 0 bridgehead atoms. The zero-order valence-electron chi connectivity index (χ0n) is 11.8. The molecule has 1 aliphatic carbocycles. The number of esters is 1. The van der Waals surface area contributed by atoms with Crippen molar-refractivity contribution in [2.75, 3.05) is 13.7 Å². The van der Waals surface area contributed by atoms with Gasteiger partial charge in [-0.2, -0.15) is 0 Å². The fourth-order valence-electron chi connectivity index (χ4n) is 2.57. The molecule has 0 aromatic rings. The van der Waals surface area contributed by atoms with E-state index in [2.05, 4.69) is 25.2 Å². The lowest BCUT2D eigenvalue weighted by Gasteiger charge is -2.30. The molecule has 0 fully saturated rings. The summed E-state index contributed by atoms with van der Waals surface area (Å²) in [6.07, 6.45) is 3.84. The fraction of sp³-hybridized carbons (Fsp3) is 0.786. The number of carbonyl (C=O) groups excluding carboxylic acids is 1. The monoisotopic (exact) mass is 255 g/mol. The van der Waals surface area contributed by atoms with Crippen LogP contribution in [0, 0.1) is 11.8 Å². The molecule has 0 spiro atoms. The summed E-state index contributed by atoms with van der Waals surface area (Å²) in [5.41, 5.74) is 1.37. The van der Waals surface area contributed by atoms with E-state index in [4.69, 9.17) is 4.74 Å². The Bertz CT molecular complexity index is 312. The first-order valence-electron chi connectivity index (χ1n) is 6.63. The van der Waals surface area contributed by atoms with Gasteiger partial charge in [0.25, 0.3) is 0 Å². The fourth-order valence-corrected chi connectivity index (χ4v) is 2.57. The molecule has 0 saturated carbocycles. The maximum atomic E-state index is 11.5. The van der Waals surface area contributed by atoms with Gasteiger partial charge in [-0.05, 0) is 38.5 Å². The van der Waals surface area contributed by atoms with Gasteiger partial charge in [-0.3, -0.25) is 4.79 Å². The molecule has 4 heteroatoms. The second kappa shape index (κ2) is 6.90. The summed E-state index contributed by atoms with van der Waals surface area (Å²) in [7, 11) is 1.34. The van der Waals surface area contributed by atoms with Gasteiger partial charge in [0.1, 0.15) is 6.04 Å². The number of aliphatic hydroxyl groups excluding tert-OH is 1. The average molecular weight is 255 g/mol. The normalized spacial score (nSPS) is 27.3. The summed E-state index contributed by atoms with van der Waals surface area (Å²) >= 11 is 0. The zero-order chi connectivity index (χ0) is 13.7. The van der Waals surface area contributed by atoms with E-state index >= 15 is 0 Å². The topological polar surface area (TPSA) is 58.6 Å². The molecule has 0 aromatic heterocycles. The van der Waals surface area contributed by atoms with Gasteiger partial charge in [0.05, 0.1) is 13.2 Å². The van der Waals surface area contributed by atoms with Crippen LogP contribution >= 0.6 is 0 Å². The van der Waals surface area contributed by atoms with Crippen molar-refractivity contribution in [3.05, 3.63) is 11.6 Å². The number of hydrogen-bond acceptors (Lipinski definition) is 4. The lowest BCUT2D eigenvalue weighted by Crippen LogP contribution is -2.48. The minimum atomic E-state index is -0.749. The number of aliphatic hydroxyl groups is 1. The SMILES string of the molecule is COC(=O)[C@H](NC[C@@H]1C(C)=CCC[C@H]1C)[C@@H](C)O. The van der Waals surface area contributed by atoms with E-state index in [1.165, 1.54) is 19.1 Å². The number of allylic oxidation sites excluding steroid dienone is 1. The van der Waals surface area contributed by atoms with Gasteiger partial charge in [-0.15, -0.1) is 0 Å². The maximum Gasteiger partial charge on any atom is 0.325 e. The van der Waals surface area contributed by atoms with Gasteiger partial charge in [0, 0.05) is 6.54 Å². The van der Waals surface area contributed by atoms with Crippen molar-refractivity contribution in [1.82, 2.24) is 5.32 Å². The standard InChI is InChI=1S/C14H25NO3/c1-9-6-5-7-10(2)12(9)8-15-13(11(3)16)14(17)18-4/h6,10-13,15-16H,5,7-8H2,1-4H3/t10-,11-,12-,13-/m1/s1. The van der Waals surface area contributed by atoms with E-state index in [1.54, 1.807) is 6.92 Å². The van der Waals surface area contributed by atoms with Gasteiger partial charge in [-0.1, -0.05) is 18.6 Å². The van der Waals surface area contributed by atoms with Crippen LogP contribution in [0.2, 0.25) is 0 Å². The second-order valence-electron chi connectivity index (χ2n) is 5.26. The molecule has 0 radical (unpaired) electrons. The third-order valence-corrected chi connectivity index (χ3v) is 3.86. The van der Waals surface area contributed by atoms with Crippen LogP contribution in [-0.2, 0) is 9.53 Å². The Labute approximate surface area is 109 Å². The lowest BCUT2D eigenvalue weighted by atomic mass is 9.80. The Morgan fingerprint density at radius 2 is 2.33 bits per heavy atom. The molecule has 0 heterocycles. The Morgan fingerprint density at radius 1 is 1.67 bits per heavy atom. The quantitative estimate of drug-likeness (QED) is 0.577. The van der Waals surface area contributed by atoms with Crippen LogP contribution < -0.4 is 5.32 Å².